The lowest BCUT2D eigenvalue weighted by Gasteiger charge is -2.07. The van der Waals surface area contributed by atoms with Gasteiger partial charge in [-0.05, 0) is 102 Å². The van der Waals surface area contributed by atoms with Crippen LogP contribution >= 0.6 is 11.8 Å². The Morgan fingerprint density at radius 3 is 2.50 bits per heavy atom. The highest BCUT2D eigenvalue weighted by molar-refractivity contribution is 7.99. The molecule has 2 N–H and O–H groups in total. The molecule has 0 spiro atoms. The third kappa shape index (κ3) is 9.60. The second-order valence-corrected chi connectivity index (χ2v) is 11.1. The molecular formula is C33H42N2O2S. The van der Waals surface area contributed by atoms with Crippen LogP contribution in [0.4, 0.5) is 0 Å². The summed E-state index contributed by atoms with van der Waals surface area (Å²) in [6.07, 6.45) is 14.2. The second-order valence-electron chi connectivity index (χ2n) is 10.0. The van der Waals surface area contributed by atoms with E-state index in [2.05, 4.69) is 62.3 Å². The molecule has 0 aliphatic heterocycles. The number of aromatic nitrogens is 1. The maximum Gasteiger partial charge on any atom is 0.251 e. The van der Waals surface area contributed by atoms with Gasteiger partial charge in [0, 0.05) is 39.9 Å². The molecule has 0 aliphatic rings. The predicted octanol–water partition coefficient (Wildman–Crippen LogP) is 8.66. The lowest BCUT2D eigenvalue weighted by Crippen LogP contribution is -2.25. The van der Waals surface area contributed by atoms with Crippen LogP contribution in [-0.2, 0) is 6.42 Å². The molecule has 0 atom stereocenters. The lowest BCUT2D eigenvalue weighted by atomic mass is 10.1. The largest absolute Gasteiger partial charge is 0.497 e. The van der Waals surface area contributed by atoms with Crippen LogP contribution in [-0.4, -0.2) is 30.3 Å². The van der Waals surface area contributed by atoms with Gasteiger partial charge >= 0.3 is 0 Å². The van der Waals surface area contributed by atoms with Crippen molar-refractivity contribution >= 4 is 28.6 Å². The Kier molecular flexibility index (Phi) is 11.8. The van der Waals surface area contributed by atoms with E-state index in [1.807, 2.05) is 42.6 Å². The van der Waals surface area contributed by atoms with Crippen LogP contribution in [0.25, 0.3) is 10.9 Å². The summed E-state index contributed by atoms with van der Waals surface area (Å²) in [4.78, 5) is 17.2. The fraction of sp³-hybridized carbons (Fsp3) is 0.364. The first-order valence-electron chi connectivity index (χ1n) is 13.5. The summed E-state index contributed by atoms with van der Waals surface area (Å²) < 4.78 is 5.35. The summed E-state index contributed by atoms with van der Waals surface area (Å²) >= 11 is 1.77. The fourth-order valence-corrected chi connectivity index (χ4v) is 5.20. The van der Waals surface area contributed by atoms with Gasteiger partial charge in [-0.3, -0.25) is 4.79 Å². The minimum atomic E-state index is -0.0386. The standard InChI is InChI=1S/C33H42N2O2S/c1-24(2)9-6-10-25(3)11-7-12-26(4)18-20-38-30-14-8-13-27(21-30)33(36)34-19-17-28-23-35-32-16-15-29(37-5)22-31(28)32/h8-9,11,13-16,18,21-23,35H,6-7,10,12,17,19-20H2,1-5H3,(H,34,36)/b25-11+,26-18+. The van der Waals surface area contributed by atoms with E-state index in [0.29, 0.717) is 12.1 Å². The van der Waals surface area contributed by atoms with Crippen molar-refractivity contribution in [2.45, 2.75) is 64.7 Å². The van der Waals surface area contributed by atoms with Gasteiger partial charge in [-0.25, -0.2) is 0 Å². The number of rotatable bonds is 14. The average molecular weight is 531 g/mol. The van der Waals surface area contributed by atoms with Gasteiger partial charge in [0.1, 0.15) is 5.75 Å². The average Bonchev–Trinajstić information content (AvgIpc) is 3.30. The van der Waals surface area contributed by atoms with Gasteiger partial charge in [0.15, 0.2) is 0 Å². The number of allylic oxidation sites excluding steroid dienone is 5. The molecule has 1 heterocycles. The highest BCUT2D eigenvalue weighted by Crippen LogP contribution is 2.24. The van der Waals surface area contributed by atoms with E-state index in [0.717, 1.165) is 59.4 Å². The fourth-order valence-electron chi connectivity index (χ4n) is 4.25. The Hall–Kier alpha value is -3.18. The third-order valence-corrected chi connectivity index (χ3v) is 7.48. The van der Waals surface area contributed by atoms with Gasteiger partial charge in [0.25, 0.3) is 5.91 Å². The number of carbonyl (C=O) groups excluding carboxylic acids is 1. The van der Waals surface area contributed by atoms with Gasteiger partial charge < -0.3 is 15.0 Å². The number of hydrogen-bond donors (Lipinski definition) is 2. The summed E-state index contributed by atoms with van der Waals surface area (Å²) in [6.45, 7) is 9.33. The van der Waals surface area contributed by atoms with Crippen molar-refractivity contribution in [3.8, 4) is 5.75 Å². The minimum Gasteiger partial charge on any atom is -0.497 e. The monoisotopic (exact) mass is 530 g/mol. The van der Waals surface area contributed by atoms with Crippen LogP contribution in [0, 0.1) is 0 Å². The second kappa shape index (κ2) is 15.3. The van der Waals surface area contributed by atoms with E-state index < -0.39 is 0 Å². The zero-order valence-corrected chi connectivity index (χ0v) is 24.3. The molecule has 1 aromatic heterocycles. The number of fused-ring (bicyclic) bond motifs is 1. The molecule has 0 unspecified atom stereocenters. The molecule has 5 heteroatoms. The van der Waals surface area contributed by atoms with Crippen LogP contribution in [0.15, 0.2) is 88.5 Å². The number of nitrogens with one attached hydrogen (secondary N) is 2. The third-order valence-electron chi connectivity index (χ3n) is 6.56. The van der Waals surface area contributed by atoms with Crippen molar-refractivity contribution in [3.63, 3.8) is 0 Å². The quantitative estimate of drug-likeness (QED) is 0.162. The molecule has 1 amide bonds. The summed E-state index contributed by atoms with van der Waals surface area (Å²) in [5.74, 6) is 1.70. The summed E-state index contributed by atoms with van der Waals surface area (Å²) in [5, 5.41) is 4.20. The molecule has 0 aliphatic carbocycles. The number of carbonyl (C=O) groups is 1. The maximum absolute atomic E-state index is 12.8. The Labute approximate surface area is 232 Å². The molecule has 0 radical (unpaired) electrons. The molecule has 0 bridgehead atoms. The van der Waals surface area contributed by atoms with Crippen molar-refractivity contribution < 1.29 is 9.53 Å². The molecular weight excluding hydrogens is 488 g/mol. The molecule has 38 heavy (non-hydrogen) atoms. The summed E-state index contributed by atoms with van der Waals surface area (Å²) in [5.41, 5.74) is 7.22. The van der Waals surface area contributed by atoms with Crippen LogP contribution in [0.2, 0.25) is 0 Å². The normalized spacial score (nSPS) is 12.0. The molecule has 2 aromatic carbocycles. The number of thioether (sulfide) groups is 1. The van der Waals surface area contributed by atoms with Crippen molar-refractivity contribution in [3.05, 3.63) is 94.7 Å². The zero-order valence-electron chi connectivity index (χ0n) is 23.5. The van der Waals surface area contributed by atoms with Crippen LogP contribution in [0.3, 0.4) is 0 Å². The number of amides is 1. The highest BCUT2D eigenvalue weighted by Gasteiger charge is 2.09. The summed E-state index contributed by atoms with van der Waals surface area (Å²) in [6, 6.07) is 13.9. The molecule has 0 saturated carbocycles. The maximum atomic E-state index is 12.8. The van der Waals surface area contributed by atoms with Crippen molar-refractivity contribution in [2.24, 2.45) is 0 Å². The van der Waals surface area contributed by atoms with E-state index in [1.165, 1.54) is 22.3 Å². The van der Waals surface area contributed by atoms with Crippen LogP contribution in [0.5, 0.6) is 5.75 Å². The number of hydrogen-bond acceptors (Lipinski definition) is 3. The molecule has 0 saturated heterocycles. The van der Waals surface area contributed by atoms with Gasteiger partial charge in [-0.1, -0.05) is 41.0 Å². The van der Waals surface area contributed by atoms with Gasteiger partial charge in [-0.2, -0.15) is 0 Å². The summed E-state index contributed by atoms with van der Waals surface area (Å²) in [7, 11) is 1.67. The van der Waals surface area contributed by atoms with E-state index in [1.54, 1.807) is 18.9 Å². The van der Waals surface area contributed by atoms with Gasteiger partial charge in [-0.15, -0.1) is 11.8 Å². The highest BCUT2D eigenvalue weighted by atomic mass is 32.2. The topological polar surface area (TPSA) is 54.1 Å². The number of aromatic amines is 1. The van der Waals surface area contributed by atoms with E-state index in [9.17, 15) is 4.79 Å². The van der Waals surface area contributed by atoms with E-state index >= 15 is 0 Å². The molecule has 3 aromatic rings. The number of methoxy groups -OCH3 is 1. The Morgan fingerprint density at radius 1 is 0.974 bits per heavy atom. The van der Waals surface area contributed by atoms with Crippen LogP contribution < -0.4 is 10.1 Å². The first-order valence-corrected chi connectivity index (χ1v) is 14.4. The SMILES string of the molecule is COc1ccc2[nH]cc(CCNC(=O)c3cccc(SC/C=C(\C)CC/C=C(\C)CCC=C(C)C)c3)c2c1. The van der Waals surface area contributed by atoms with Crippen LogP contribution in [0.1, 0.15) is 69.3 Å². The van der Waals surface area contributed by atoms with Gasteiger partial charge in [0.2, 0.25) is 0 Å². The van der Waals surface area contributed by atoms with Crippen molar-refractivity contribution in [2.75, 3.05) is 19.4 Å². The first kappa shape index (κ1) is 29.4. The van der Waals surface area contributed by atoms with E-state index in [-0.39, 0.29) is 5.91 Å². The Balaban J connectivity index is 1.43. The molecule has 3 rings (SSSR count). The minimum absolute atomic E-state index is 0.0386. The molecule has 202 valence electrons. The smallest absolute Gasteiger partial charge is 0.251 e. The number of ether oxygens (including phenoxy) is 1. The zero-order chi connectivity index (χ0) is 27.3. The number of H-pyrrole nitrogens is 1. The Bertz CT molecular complexity index is 1300. The molecule has 4 nitrogen and oxygen atoms in total. The predicted molar refractivity (Wildman–Crippen MR) is 163 cm³/mol. The Morgan fingerprint density at radius 2 is 1.74 bits per heavy atom. The molecule has 0 fully saturated rings. The number of benzene rings is 2. The van der Waals surface area contributed by atoms with Crippen molar-refractivity contribution in [1.29, 1.82) is 0 Å². The van der Waals surface area contributed by atoms with E-state index in [4.69, 9.17) is 4.74 Å². The first-order chi connectivity index (χ1) is 18.4. The van der Waals surface area contributed by atoms with Gasteiger partial charge in [0.05, 0.1) is 7.11 Å². The lowest BCUT2D eigenvalue weighted by molar-refractivity contribution is 0.0954. The van der Waals surface area contributed by atoms with Crippen molar-refractivity contribution in [1.82, 2.24) is 10.3 Å².